The average molecular weight is 394 g/mol. The third-order valence-corrected chi connectivity index (χ3v) is 6.23. The van der Waals surface area contributed by atoms with Crippen LogP contribution in [-0.4, -0.2) is 18.2 Å². The van der Waals surface area contributed by atoms with Gasteiger partial charge in [0.05, 0.1) is 11.4 Å². The highest BCUT2D eigenvalue weighted by Crippen LogP contribution is 2.32. The predicted octanol–water partition coefficient (Wildman–Crippen LogP) is 4.69. The summed E-state index contributed by atoms with van der Waals surface area (Å²) in [6.45, 7) is 0.591. The minimum atomic E-state index is -3.69. The number of sulfonamides is 1. The second-order valence-electron chi connectivity index (χ2n) is 6.97. The van der Waals surface area contributed by atoms with Gasteiger partial charge in [-0.3, -0.25) is 9.40 Å². The molecule has 0 aliphatic heterocycles. The zero-order valence-electron chi connectivity index (χ0n) is 15.6. The summed E-state index contributed by atoms with van der Waals surface area (Å²) in [5, 5.41) is 4.58. The molecule has 1 N–H and O–H groups in total. The second kappa shape index (κ2) is 8.02. The maximum Gasteiger partial charge on any atom is 0.263 e. The van der Waals surface area contributed by atoms with Crippen LogP contribution in [0.1, 0.15) is 36.8 Å². The number of allylic oxidation sites excluding steroid dienone is 2. The average Bonchev–Trinajstić information content (AvgIpc) is 3.11. The Balaban J connectivity index is 1.69. The van der Waals surface area contributed by atoms with E-state index in [0.717, 1.165) is 36.0 Å². The lowest BCUT2D eigenvalue weighted by atomic mass is 9.95. The number of hydrogen-bond acceptors (Lipinski definition) is 3. The number of rotatable bonds is 6. The normalized spacial score (nSPS) is 14.5. The minimum Gasteiger partial charge on any atom is -0.266 e. The molecule has 0 spiro atoms. The van der Waals surface area contributed by atoms with Crippen molar-refractivity contribution in [2.24, 2.45) is 0 Å². The van der Waals surface area contributed by atoms with Crippen LogP contribution in [0.5, 0.6) is 0 Å². The standard InChI is InChI=1S/C22H23N3O2S/c26-28(27,20-14-8-3-9-15-20)24-22-21(19-12-6-2-7-13-19)17-25(23-22)16-18-10-4-1-5-11-18/h1,3-5,8-12,14-15,17H,2,6-7,13,16H2,(H,23,24). The number of aromatic nitrogens is 2. The molecule has 0 amide bonds. The van der Waals surface area contributed by atoms with Crippen molar-refractivity contribution in [1.29, 1.82) is 0 Å². The summed E-state index contributed by atoms with van der Waals surface area (Å²) in [5.74, 6) is 0.396. The number of hydrogen-bond donors (Lipinski definition) is 1. The van der Waals surface area contributed by atoms with E-state index in [1.54, 1.807) is 30.3 Å². The quantitative estimate of drug-likeness (QED) is 0.661. The number of benzene rings is 2. The van der Waals surface area contributed by atoms with Crippen molar-refractivity contribution in [2.75, 3.05) is 4.72 Å². The van der Waals surface area contributed by atoms with Crippen molar-refractivity contribution < 1.29 is 8.42 Å². The van der Waals surface area contributed by atoms with Gasteiger partial charge in [-0.15, -0.1) is 0 Å². The van der Waals surface area contributed by atoms with Crippen LogP contribution < -0.4 is 4.72 Å². The highest BCUT2D eigenvalue weighted by molar-refractivity contribution is 7.92. The fraction of sp³-hybridized carbons (Fsp3) is 0.227. The van der Waals surface area contributed by atoms with Gasteiger partial charge in [-0.25, -0.2) is 8.42 Å². The highest BCUT2D eigenvalue weighted by atomic mass is 32.2. The molecular weight excluding hydrogens is 370 g/mol. The van der Waals surface area contributed by atoms with E-state index < -0.39 is 10.0 Å². The predicted molar refractivity (Wildman–Crippen MR) is 111 cm³/mol. The number of anilines is 1. The Morgan fingerprint density at radius 3 is 2.36 bits per heavy atom. The summed E-state index contributed by atoms with van der Waals surface area (Å²) >= 11 is 0. The Morgan fingerprint density at radius 2 is 1.68 bits per heavy atom. The lowest BCUT2D eigenvalue weighted by Crippen LogP contribution is -2.14. The molecule has 0 saturated heterocycles. The third-order valence-electron chi connectivity index (χ3n) is 4.87. The topological polar surface area (TPSA) is 64.0 Å². The maximum absolute atomic E-state index is 12.8. The van der Waals surface area contributed by atoms with Gasteiger partial charge < -0.3 is 0 Å². The zero-order valence-corrected chi connectivity index (χ0v) is 16.4. The monoisotopic (exact) mass is 393 g/mol. The molecule has 0 unspecified atom stereocenters. The summed E-state index contributed by atoms with van der Waals surface area (Å²) in [7, 11) is -3.69. The lowest BCUT2D eigenvalue weighted by molar-refractivity contribution is 0.600. The highest BCUT2D eigenvalue weighted by Gasteiger charge is 2.21. The fourth-order valence-electron chi connectivity index (χ4n) is 3.45. The molecule has 0 atom stereocenters. The molecule has 1 heterocycles. The minimum absolute atomic E-state index is 0.233. The number of nitrogens with zero attached hydrogens (tertiary/aromatic N) is 2. The molecule has 0 radical (unpaired) electrons. The van der Waals surface area contributed by atoms with Crippen molar-refractivity contribution in [3.63, 3.8) is 0 Å². The summed E-state index contributed by atoms with van der Waals surface area (Å²) in [4.78, 5) is 0.233. The van der Waals surface area contributed by atoms with E-state index >= 15 is 0 Å². The summed E-state index contributed by atoms with van der Waals surface area (Å²) in [6, 6.07) is 18.4. The fourth-order valence-corrected chi connectivity index (χ4v) is 4.49. The van der Waals surface area contributed by atoms with E-state index in [0.29, 0.717) is 12.4 Å². The van der Waals surface area contributed by atoms with Gasteiger partial charge in [0.1, 0.15) is 0 Å². The summed E-state index contributed by atoms with van der Waals surface area (Å²) < 4.78 is 30.2. The van der Waals surface area contributed by atoms with Gasteiger partial charge in [-0.2, -0.15) is 5.10 Å². The molecule has 4 rings (SSSR count). The van der Waals surface area contributed by atoms with Crippen LogP contribution in [0.25, 0.3) is 5.57 Å². The van der Waals surface area contributed by atoms with Crippen molar-refractivity contribution in [3.8, 4) is 0 Å². The van der Waals surface area contributed by atoms with Gasteiger partial charge in [-0.05, 0) is 49.0 Å². The second-order valence-corrected chi connectivity index (χ2v) is 8.65. The Labute approximate surface area is 165 Å². The Hall–Kier alpha value is -2.86. The molecule has 28 heavy (non-hydrogen) atoms. The van der Waals surface area contributed by atoms with E-state index in [-0.39, 0.29) is 4.90 Å². The van der Waals surface area contributed by atoms with E-state index in [4.69, 9.17) is 0 Å². The molecule has 2 aromatic carbocycles. The summed E-state index contributed by atoms with van der Waals surface area (Å²) in [5.41, 5.74) is 3.15. The van der Waals surface area contributed by atoms with Crippen LogP contribution in [-0.2, 0) is 16.6 Å². The van der Waals surface area contributed by atoms with Gasteiger partial charge in [0.15, 0.2) is 5.82 Å². The molecule has 1 aliphatic carbocycles. The molecule has 0 saturated carbocycles. The Kier molecular flexibility index (Phi) is 5.30. The molecule has 0 bridgehead atoms. The van der Waals surface area contributed by atoms with Crippen molar-refractivity contribution in [3.05, 3.63) is 84.1 Å². The molecule has 0 fully saturated rings. The van der Waals surface area contributed by atoms with Crippen molar-refractivity contribution >= 4 is 21.4 Å². The Morgan fingerprint density at radius 1 is 0.964 bits per heavy atom. The summed E-state index contributed by atoms with van der Waals surface area (Å²) in [6.07, 6.45) is 8.40. The first-order valence-corrected chi connectivity index (χ1v) is 11.0. The molecule has 1 aromatic heterocycles. The van der Waals surface area contributed by atoms with Gasteiger partial charge in [0.25, 0.3) is 10.0 Å². The van der Waals surface area contributed by atoms with Crippen LogP contribution in [0.2, 0.25) is 0 Å². The molecule has 6 heteroatoms. The maximum atomic E-state index is 12.8. The van der Waals surface area contributed by atoms with Crippen molar-refractivity contribution in [1.82, 2.24) is 9.78 Å². The largest absolute Gasteiger partial charge is 0.266 e. The SMILES string of the molecule is O=S(=O)(Nc1nn(Cc2ccccc2)cc1C1=CCCCC1)c1ccccc1. The van der Waals surface area contributed by atoms with Gasteiger partial charge in [-0.1, -0.05) is 54.6 Å². The van der Waals surface area contributed by atoms with Crippen LogP contribution in [0.15, 0.2) is 77.8 Å². The molecule has 5 nitrogen and oxygen atoms in total. The van der Waals surface area contributed by atoms with Crippen LogP contribution in [0.4, 0.5) is 5.82 Å². The molecular formula is C22H23N3O2S. The number of nitrogens with one attached hydrogen (secondary N) is 1. The smallest absolute Gasteiger partial charge is 0.263 e. The van der Waals surface area contributed by atoms with E-state index in [2.05, 4.69) is 15.9 Å². The van der Waals surface area contributed by atoms with Crippen LogP contribution >= 0.6 is 0 Å². The van der Waals surface area contributed by atoms with E-state index in [9.17, 15) is 8.42 Å². The van der Waals surface area contributed by atoms with Crippen LogP contribution in [0.3, 0.4) is 0 Å². The lowest BCUT2D eigenvalue weighted by Gasteiger charge is -2.13. The van der Waals surface area contributed by atoms with E-state index in [1.807, 2.05) is 41.2 Å². The van der Waals surface area contributed by atoms with Crippen LogP contribution in [0, 0.1) is 0 Å². The molecule has 144 valence electrons. The van der Waals surface area contributed by atoms with Gasteiger partial charge in [0.2, 0.25) is 0 Å². The third kappa shape index (κ3) is 4.17. The van der Waals surface area contributed by atoms with Gasteiger partial charge in [0, 0.05) is 11.8 Å². The zero-order chi connectivity index (χ0) is 19.4. The first-order chi connectivity index (χ1) is 13.6. The Bertz CT molecular complexity index is 1070. The molecule has 1 aliphatic rings. The van der Waals surface area contributed by atoms with Gasteiger partial charge >= 0.3 is 0 Å². The molecule has 3 aromatic rings. The first-order valence-electron chi connectivity index (χ1n) is 9.50. The van der Waals surface area contributed by atoms with Crippen molar-refractivity contribution in [2.45, 2.75) is 37.1 Å². The first kappa shape index (κ1) is 18.5. The van der Waals surface area contributed by atoms with E-state index in [1.165, 1.54) is 6.42 Å².